The van der Waals surface area contributed by atoms with Crippen LogP contribution in [0.2, 0.25) is 0 Å². The summed E-state index contributed by atoms with van der Waals surface area (Å²) in [5, 5.41) is 3.09. The molecule has 3 nitrogen and oxygen atoms in total. The maximum atomic E-state index is 4.41. The van der Waals surface area contributed by atoms with Gasteiger partial charge in [-0.1, -0.05) is 31.5 Å². The third-order valence-corrected chi connectivity index (χ3v) is 3.06. The Morgan fingerprint density at radius 2 is 2.06 bits per heavy atom. The Kier molecular flexibility index (Phi) is 3.92. The Balaban J connectivity index is 2.45. The minimum absolute atomic E-state index is 0.890. The number of anilines is 1. The molecule has 3 heteroatoms. The van der Waals surface area contributed by atoms with Crippen molar-refractivity contribution in [1.82, 2.24) is 9.97 Å². The molecule has 0 fully saturated rings. The maximum absolute atomic E-state index is 4.41. The summed E-state index contributed by atoms with van der Waals surface area (Å²) in [6, 6.07) is 8.59. The summed E-state index contributed by atoms with van der Waals surface area (Å²) >= 11 is 0. The van der Waals surface area contributed by atoms with Gasteiger partial charge in [0.2, 0.25) is 0 Å². The number of hydrogen-bond acceptors (Lipinski definition) is 3. The van der Waals surface area contributed by atoms with E-state index >= 15 is 0 Å². The molecule has 0 amide bonds. The summed E-state index contributed by atoms with van der Waals surface area (Å²) in [5.41, 5.74) is 4.62. The van der Waals surface area contributed by atoms with Crippen LogP contribution in [0.4, 0.5) is 5.82 Å². The van der Waals surface area contributed by atoms with Gasteiger partial charge in [-0.3, -0.25) is 0 Å². The van der Waals surface area contributed by atoms with Crippen molar-refractivity contribution in [2.75, 3.05) is 12.4 Å². The standard InChI is InChI=1S/C15H19N3/c1-4-6-12-7-5-8-13(9-12)14-11(2)15(16-3)18-10-17-14/h5,7-10H,4,6H2,1-3H3,(H,16,17,18). The fourth-order valence-electron chi connectivity index (χ4n) is 2.16. The van der Waals surface area contributed by atoms with Gasteiger partial charge in [-0.05, 0) is 25.0 Å². The van der Waals surface area contributed by atoms with Gasteiger partial charge in [0.05, 0.1) is 5.69 Å². The van der Waals surface area contributed by atoms with E-state index < -0.39 is 0 Å². The lowest BCUT2D eigenvalue weighted by Gasteiger charge is -2.10. The third-order valence-electron chi connectivity index (χ3n) is 3.06. The molecule has 18 heavy (non-hydrogen) atoms. The van der Waals surface area contributed by atoms with Crippen LogP contribution in [0.1, 0.15) is 24.5 Å². The highest BCUT2D eigenvalue weighted by Gasteiger charge is 2.08. The minimum Gasteiger partial charge on any atom is -0.373 e. The normalized spacial score (nSPS) is 10.4. The lowest BCUT2D eigenvalue weighted by Crippen LogP contribution is -1.99. The summed E-state index contributed by atoms with van der Waals surface area (Å²) in [6.07, 6.45) is 3.88. The molecule has 0 spiro atoms. The zero-order valence-electron chi connectivity index (χ0n) is 11.2. The van der Waals surface area contributed by atoms with Crippen molar-refractivity contribution >= 4 is 5.82 Å². The number of aromatic nitrogens is 2. The molecule has 1 aromatic carbocycles. The Hall–Kier alpha value is -1.90. The molecular weight excluding hydrogens is 222 g/mol. The zero-order valence-corrected chi connectivity index (χ0v) is 11.2. The molecule has 94 valence electrons. The summed E-state index contributed by atoms with van der Waals surface area (Å²) in [5.74, 6) is 0.890. The van der Waals surface area contributed by atoms with Crippen LogP contribution in [0.3, 0.4) is 0 Å². The molecule has 0 aliphatic rings. The summed E-state index contributed by atoms with van der Waals surface area (Å²) in [7, 11) is 1.88. The van der Waals surface area contributed by atoms with Gasteiger partial charge in [0.25, 0.3) is 0 Å². The summed E-state index contributed by atoms with van der Waals surface area (Å²) < 4.78 is 0. The highest BCUT2D eigenvalue weighted by Crippen LogP contribution is 2.25. The highest BCUT2D eigenvalue weighted by molar-refractivity contribution is 5.68. The fourth-order valence-corrected chi connectivity index (χ4v) is 2.16. The lowest BCUT2D eigenvalue weighted by atomic mass is 10.0. The second-order valence-electron chi connectivity index (χ2n) is 4.40. The molecule has 0 bridgehead atoms. The molecule has 0 radical (unpaired) electrons. The topological polar surface area (TPSA) is 37.8 Å². The Morgan fingerprint density at radius 3 is 2.78 bits per heavy atom. The molecule has 1 aromatic heterocycles. The van der Waals surface area contributed by atoms with Gasteiger partial charge >= 0.3 is 0 Å². The fraction of sp³-hybridized carbons (Fsp3) is 0.333. The average Bonchev–Trinajstić information content (AvgIpc) is 2.40. The zero-order chi connectivity index (χ0) is 13.0. The van der Waals surface area contributed by atoms with Crippen LogP contribution in [0.5, 0.6) is 0 Å². The molecule has 0 saturated heterocycles. The van der Waals surface area contributed by atoms with Gasteiger partial charge in [-0.25, -0.2) is 9.97 Å². The number of hydrogen-bond donors (Lipinski definition) is 1. The van der Waals surface area contributed by atoms with Crippen molar-refractivity contribution in [1.29, 1.82) is 0 Å². The van der Waals surface area contributed by atoms with Crippen molar-refractivity contribution in [3.8, 4) is 11.3 Å². The number of aryl methyl sites for hydroxylation is 1. The van der Waals surface area contributed by atoms with E-state index in [1.54, 1.807) is 6.33 Å². The molecular formula is C15H19N3. The van der Waals surface area contributed by atoms with Crippen LogP contribution in [0.15, 0.2) is 30.6 Å². The van der Waals surface area contributed by atoms with Crippen LogP contribution in [-0.2, 0) is 6.42 Å². The molecule has 0 unspecified atom stereocenters. The molecule has 0 atom stereocenters. The van der Waals surface area contributed by atoms with Crippen molar-refractivity contribution in [3.63, 3.8) is 0 Å². The van der Waals surface area contributed by atoms with E-state index in [1.165, 1.54) is 5.56 Å². The number of benzene rings is 1. The van der Waals surface area contributed by atoms with Crippen LogP contribution < -0.4 is 5.32 Å². The SMILES string of the molecule is CCCc1cccc(-c2ncnc(NC)c2C)c1. The molecule has 0 aliphatic carbocycles. The van der Waals surface area contributed by atoms with Gasteiger partial charge in [-0.2, -0.15) is 0 Å². The Labute approximate surface area is 108 Å². The summed E-state index contributed by atoms with van der Waals surface area (Å²) in [4.78, 5) is 8.63. The van der Waals surface area contributed by atoms with Gasteiger partial charge in [0, 0.05) is 18.2 Å². The smallest absolute Gasteiger partial charge is 0.132 e. The second kappa shape index (κ2) is 5.63. The van der Waals surface area contributed by atoms with Crippen LogP contribution in [0.25, 0.3) is 11.3 Å². The van der Waals surface area contributed by atoms with E-state index in [9.17, 15) is 0 Å². The first-order chi connectivity index (χ1) is 8.76. The van der Waals surface area contributed by atoms with Crippen LogP contribution >= 0.6 is 0 Å². The first-order valence-corrected chi connectivity index (χ1v) is 6.35. The molecule has 1 heterocycles. The van der Waals surface area contributed by atoms with E-state index in [0.29, 0.717) is 0 Å². The van der Waals surface area contributed by atoms with Crippen LogP contribution in [-0.4, -0.2) is 17.0 Å². The Morgan fingerprint density at radius 1 is 1.22 bits per heavy atom. The van der Waals surface area contributed by atoms with E-state index in [1.807, 2.05) is 14.0 Å². The average molecular weight is 241 g/mol. The van der Waals surface area contributed by atoms with Crippen molar-refractivity contribution in [2.45, 2.75) is 26.7 Å². The number of rotatable bonds is 4. The predicted octanol–water partition coefficient (Wildman–Crippen LogP) is 3.45. The second-order valence-corrected chi connectivity index (χ2v) is 4.40. The quantitative estimate of drug-likeness (QED) is 0.891. The van der Waals surface area contributed by atoms with Gasteiger partial charge < -0.3 is 5.32 Å². The number of nitrogens with zero attached hydrogens (tertiary/aromatic N) is 2. The van der Waals surface area contributed by atoms with Crippen molar-refractivity contribution in [2.24, 2.45) is 0 Å². The number of nitrogens with one attached hydrogen (secondary N) is 1. The largest absolute Gasteiger partial charge is 0.373 e. The minimum atomic E-state index is 0.890. The lowest BCUT2D eigenvalue weighted by molar-refractivity contribution is 0.922. The van der Waals surface area contributed by atoms with Crippen molar-refractivity contribution < 1.29 is 0 Å². The van der Waals surface area contributed by atoms with Gasteiger partial charge in [0.1, 0.15) is 12.1 Å². The first kappa shape index (κ1) is 12.6. The molecule has 0 saturated carbocycles. The highest BCUT2D eigenvalue weighted by atomic mass is 15.0. The van der Waals surface area contributed by atoms with E-state index in [0.717, 1.165) is 35.5 Å². The van der Waals surface area contributed by atoms with Gasteiger partial charge in [-0.15, -0.1) is 0 Å². The van der Waals surface area contributed by atoms with E-state index in [-0.39, 0.29) is 0 Å². The first-order valence-electron chi connectivity index (χ1n) is 6.35. The Bertz CT molecular complexity index is 535. The predicted molar refractivity (Wildman–Crippen MR) is 75.7 cm³/mol. The molecule has 1 N–H and O–H groups in total. The van der Waals surface area contributed by atoms with E-state index in [4.69, 9.17) is 0 Å². The van der Waals surface area contributed by atoms with E-state index in [2.05, 4.69) is 46.5 Å². The third kappa shape index (κ3) is 2.50. The van der Waals surface area contributed by atoms with Crippen LogP contribution in [0, 0.1) is 6.92 Å². The molecule has 2 rings (SSSR count). The maximum Gasteiger partial charge on any atom is 0.132 e. The molecule has 0 aliphatic heterocycles. The van der Waals surface area contributed by atoms with Gasteiger partial charge in [0.15, 0.2) is 0 Å². The monoisotopic (exact) mass is 241 g/mol. The van der Waals surface area contributed by atoms with Crippen molar-refractivity contribution in [3.05, 3.63) is 41.7 Å². The summed E-state index contributed by atoms with van der Waals surface area (Å²) in [6.45, 7) is 4.25. The molecule has 2 aromatic rings.